The van der Waals surface area contributed by atoms with E-state index in [0.29, 0.717) is 68.1 Å². The van der Waals surface area contributed by atoms with Crippen molar-refractivity contribution >= 4 is 131 Å². The molecule has 6 aliphatic rings. The van der Waals surface area contributed by atoms with E-state index in [-0.39, 0.29) is 195 Å². The number of cyclic esters (lactones) is 1. The molecule has 12 rings (SSSR count). The number of esters is 4. The molecular formula is C90H73F6K2N6O16P3S3. The van der Waals surface area contributed by atoms with Gasteiger partial charge in [0.15, 0.2) is 15.5 Å². The van der Waals surface area contributed by atoms with Crippen molar-refractivity contribution in [3.8, 4) is 120 Å². The fourth-order valence-electron chi connectivity index (χ4n) is 11.6. The van der Waals surface area contributed by atoms with Gasteiger partial charge in [0, 0.05) is 114 Å². The summed E-state index contributed by atoms with van der Waals surface area (Å²) in [7, 11) is 6.06. The second-order valence-corrected chi connectivity index (χ2v) is 32.3. The maximum Gasteiger partial charge on any atom is 1.00 e. The molecule has 0 spiro atoms. The van der Waals surface area contributed by atoms with E-state index >= 15 is 0 Å². The molecule has 6 aromatic carbocycles. The molecule has 3 fully saturated rings. The van der Waals surface area contributed by atoms with Crippen LogP contribution in [-0.4, -0.2) is 113 Å². The Morgan fingerprint density at radius 3 is 1.17 bits per heavy atom. The Bertz CT molecular complexity index is 5610. The average Bonchev–Trinajstić information content (AvgIpc) is 0.756. The van der Waals surface area contributed by atoms with Crippen LogP contribution in [0.25, 0.3) is 0 Å². The number of amides is 3. The Balaban J connectivity index is 0.000000538. The van der Waals surface area contributed by atoms with Gasteiger partial charge in [0.05, 0.1) is 13.0 Å². The minimum Gasteiger partial charge on any atom is -1.00 e. The largest absolute Gasteiger partial charge is 1.00 e. The minimum atomic E-state index is -1.20. The van der Waals surface area contributed by atoms with Crippen molar-refractivity contribution in [3.05, 3.63) is 226 Å². The van der Waals surface area contributed by atoms with Gasteiger partial charge in [-0.2, -0.15) is 0 Å². The average molecular weight is 1880 g/mol. The molecule has 3 saturated heterocycles. The smallest absolute Gasteiger partial charge is 1.00 e. The number of rotatable bonds is 9. The fourth-order valence-corrected chi connectivity index (χ4v) is 15.1. The van der Waals surface area contributed by atoms with Crippen LogP contribution in [0.4, 0.5) is 26.3 Å². The Kier molecular flexibility index (Phi) is 52.6. The van der Waals surface area contributed by atoms with E-state index in [9.17, 15) is 64.7 Å². The van der Waals surface area contributed by atoms with Gasteiger partial charge in [-0.15, -0.1) is 37.1 Å². The monoisotopic (exact) mass is 1870 g/mol. The van der Waals surface area contributed by atoms with Gasteiger partial charge in [-0.25, -0.2) is 41.3 Å². The number of hydrogen-bond donors (Lipinski definition) is 3. The summed E-state index contributed by atoms with van der Waals surface area (Å²) in [5.41, 5.74) is -1.58. The number of carbonyl (C=O) groups is 9. The second-order valence-electron chi connectivity index (χ2n) is 24.9. The molecule has 6 aromatic rings. The van der Waals surface area contributed by atoms with Gasteiger partial charge in [0.1, 0.15) is 89.1 Å². The van der Waals surface area contributed by atoms with E-state index in [1.54, 1.807) is 91.9 Å². The molecule has 126 heavy (non-hydrogen) atoms. The minimum absolute atomic E-state index is 0. The maximum atomic E-state index is 14.9. The molecule has 6 aliphatic heterocycles. The number of fused-ring (bicyclic) bond motifs is 3. The van der Waals surface area contributed by atoms with Crippen molar-refractivity contribution in [2.45, 2.75) is 69.7 Å². The second kappa shape index (κ2) is 60.0. The van der Waals surface area contributed by atoms with Crippen molar-refractivity contribution in [1.82, 2.24) is 16.0 Å². The molecular weight excluding hydrogens is 1800 g/mol. The number of nitrogens with zero attached hydrogens (tertiary/aromatic N) is 3. The van der Waals surface area contributed by atoms with E-state index in [1.807, 2.05) is 6.07 Å². The summed E-state index contributed by atoms with van der Waals surface area (Å²) in [6, 6.07) is 35.9. The third kappa shape index (κ3) is 36.5. The summed E-state index contributed by atoms with van der Waals surface area (Å²) in [5, 5.41) is 17.7. The first kappa shape index (κ1) is 110. The van der Waals surface area contributed by atoms with Gasteiger partial charge >= 0.3 is 127 Å². The predicted molar refractivity (Wildman–Crippen MR) is 467 cm³/mol. The summed E-state index contributed by atoms with van der Waals surface area (Å²) in [6.45, 7) is 4.92. The molecule has 0 saturated carbocycles. The number of carbonyl (C=O) groups excluding carboxylic acids is 9. The Morgan fingerprint density at radius 1 is 0.516 bits per heavy atom. The summed E-state index contributed by atoms with van der Waals surface area (Å²) >= 11 is 3.96. The van der Waals surface area contributed by atoms with Gasteiger partial charge in [-0.05, 0) is 163 Å². The predicted octanol–water partition coefficient (Wildman–Crippen LogP) is 5.50. The normalized spacial score (nSPS) is 18.7. The van der Waals surface area contributed by atoms with E-state index in [0.717, 1.165) is 38.5 Å². The van der Waals surface area contributed by atoms with Crippen LogP contribution in [0.3, 0.4) is 0 Å². The van der Waals surface area contributed by atoms with E-state index in [4.69, 9.17) is 53.3 Å². The van der Waals surface area contributed by atoms with E-state index < -0.39 is 75.5 Å². The number of aldehydes is 1. The maximum absolute atomic E-state index is 14.9. The molecule has 9 atom stereocenters. The SMILES string of the molecule is C#CC#CC#CC#CC#C.C#CC#CC#CC#CC#CC.CC(=O)OC(C)=O.CC(=O)OC=C1C[C@H]2CSC(NC(=O)c3ccccc3)=N[C@@]2(c2ccc(F)cc2F)CO1.O=C1C[C@H]2CSC(NC(=O)c3ccccc3)=N[C@@]2(c2ccc(F)cc2F)CO1.O=CO[O-].O=C[C@H]1C[C@H]2CSC(NC(=O)c3ccccc3)=N[C@@]2(c2ccc(F)cc2F)CO1.PPP.[H-].[K+].[K+]. The third-order valence-corrected chi connectivity index (χ3v) is 20.0. The van der Waals surface area contributed by atoms with Crippen LogP contribution in [0.15, 0.2) is 173 Å². The first-order valence-corrected chi connectivity index (χ1v) is 43.4. The quantitative estimate of drug-likeness (QED) is 0.0138. The number of thioether (sulfide) groups is 3. The zero-order valence-corrected chi connectivity index (χ0v) is 80.0. The van der Waals surface area contributed by atoms with Gasteiger partial charge in [0.25, 0.3) is 24.2 Å². The third-order valence-electron chi connectivity index (χ3n) is 16.8. The Hall–Kier alpha value is -9.79. The molecule has 0 bridgehead atoms. The summed E-state index contributed by atoms with van der Waals surface area (Å²) in [6.07, 6.45) is 16.6. The van der Waals surface area contributed by atoms with Crippen molar-refractivity contribution in [3.63, 3.8) is 0 Å². The molecule has 3 amide bonds. The molecule has 6 heterocycles. The first-order chi connectivity index (χ1) is 59.6. The first-order valence-electron chi connectivity index (χ1n) is 35.9. The molecule has 3 N–H and O–H groups in total. The number of hydrogen-bond acceptors (Lipinski definition) is 22. The topological polar surface area (TPSA) is 305 Å². The van der Waals surface area contributed by atoms with Gasteiger partial charge in [0.2, 0.25) is 0 Å². The Morgan fingerprint density at radius 2 is 0.849 bits per heavy atom. The van der Waals surface area contributed by atoms with Gasteiger partial charge in [-0.1, -0.05) is 122 Å². The summed E-state index contributed by atoms with van der Waals surface area (Å²) < 4.78 is 110. The molecule has 0 aromatic heterocycles. The van der Waals surface area contributed by atoms with Gasteiger partial charge < -0.3 is 56.0 Å². The number of nitrogens with one attached hydrogen (secondary N) is 3. The van der Waals surface area contributed by atoms with Crippen molar-refractivity contribution in [2.24, 2.45) is 32.7 Å². The zero-order valence-electron chi connectivity index (χ0n) is 69.0. The van der Waals surface area contributed by atoms with Crippen LogP contribution >= 0.6 is 61.1 Å². The standard InChI is InChI=1S/C23H20F2N2O4S.C21H18F2N2O3S.C20H16F2N2O3S.C11H4.C10H2.C4H6O3.CH2O3.2K.H5P3.H/c1-14(28)30-11-18-9-16-12-32-22(26-21(29)15-5-3-2-4-6-15)27-23(16,13-31-18)19-8-7-17(24)10-20(19)25;22-15-6-7-17(18(23)9-15)21-12-28-16(10-26)8-14(21)11-29-20(25-21)24-19(27)13-4-2-1-3-5-13;21-14-6-7-15(16(22)9-14)20-11-27-17(25)8-13(20)10-28-19(24-20)23-18(26)12-4-2-1-3-5-12;1-3-5-7-9-11-10-8-6-4-2;1-3-5-7-9-10-8-6-4-2;1-3(5)7-4(2)6;2-1-4-3;;;1-3-2;/h2-8,10-11,16H,9,12-13H2,1H3,(H,26,27,29);1-7,9-10,14,16H,8,11-12H2,(H,24,25,27);1-7,9,13H,8,10-11H2,(H,23,24,26);1H,2H3;1-2H;1-2H3;1,3H;;;3H,1-2H2;/q;;;;;;;2*+1;;-1/p-1/t16-,23-;14-,16+,21-;13-,20-;;;;;;;;/m000......../s1. The van der Waals surface area contributed by atoms with Crippen molar-refractivity contribution < 1.29 is 208 Å². The number of aliphatic imine (C=N–C) groups is 3. The molecule has 2 unspecified atom stereocenters. The number of ether oxygens (including phenoxy) is 5. The van der Waals surface area contributed by atoms with Crippen LogP contribution in [0, 0.1) is 173 Å². The molecule has 0 radical (unpaired) electrons. The fraction of sp³-hybridized carbons (Fsp3) is 0.222. The number of benzene rings is 6. The van der Waals surface area contributed by atoms with Crippen LogP contribution in [0.1, 0.15) is 96.1 Å². The van der Waals surface area contributed by atoms with Crippen LogP contribution in [-0.2, 0) is 74.0 Å². The van der Waals surface area contributed by atoms with Crippen LogP contribution in [0.2, 0.25) is 0 Å². The number of halogens is 6. The zero-order chi connectivity index (χ0) is 90.9. The summed E-state index contributed by atoms with van der Waals surface area (Å²) in [4.78, 5) is 117. The van der Waals surface area contributed by atoms with Crippen molar-refractivity contribution in [2.75, 3.05) is 37.1 Å². The Labute approximate surface area is 830 Å². The molecule has 0 aliphatic carbocycles. The van der Waals surface area contributed by atoms with Crippen molar-refractivity contribution in [1.29, 1.82) is 0 Å². The van der Waals surface area contributed by atoms with Crippen LogP contribution < -0.4 is 124 Å². The number of allylic oxidation sites excluding steroid dienone is 1. The molecule has 22 nitrogen and oxygen atoms in total. The van der Waals surface area contributed by atoms with Gasteiger partial charge in [-0.3, -0.25) is 38.4 Å². The molecule has 36 heteroatoms. The number of terminal acetylenes is 3. The van der Waals surface area contributed by atoms with E-state index in [1.165, 1.54) is 92.7 Å². The molecule has 636 valence electrons. The summed E-state index contributed by atoms with van der Waals surface area (Å²) in [5.74, 6) is 34.2. The number of amidine groups is 3. The van der Waals surface area contributed by atoms with E-state index in [2.05, 4.69) is 154 Å². The van der Waals surface area contributed by atoms with Crippen LogP contribution in [0.5, 0.6) is 0 Å².